The lowest BCUT2D eigenvalue weighted by Crippen LogP contribution is -2.38. The van der Waals surface area contributed by atoms with Crippen LogP contribution in [0.5, 0.6) is 0 Å². The van der Waals surface area contributed by atoms with Crippen molar-refractivity contribution in [3.63, 3.8) is 0 Å². The van der Waals surface area contributed by atoms with Crippen LogP contribution < -0.4 is 16.4 Å². The molecule has 6 heteroatoms. The van der Waals surface area contributed by atoms with Gasteiger partial charge in [-0.25, -0.2) is 0 Å². The second-order valence-electron chi connectivity index (χ2n) is 6.68. The van der Waals surface area contributed by atoms with Crippen molar-refractivity contribution in [2.75, 3.05) is 24.3 Å². The minimum Gasteiger partial charge on any atom is -0.399 e. The molecule has 0 unspecified atom stereocenters. The number of amides is 2. The molecule has 2 amide bonds. The van der Waals surface area contributed by atoms with E-state index < -0.39 is 0 Å². The van der Waals surface area contributed by atoms with E-state index in [1.807, 2.05) is 24.3 Å². The zero-order chi connectivity index (χ0) is 19.1. The highest BCUT2D eigenvalue weighted by Gasteiger charge is 2.17. The Kier molecular flexibility index (Phi) is 6.44. The van der Waals surface area contributed by atoms with Crippen LogP contribution in [0, 0.1) is 0 Å². The van der Waals surface area contributed by atoms with E-state index in [0.717, 1.165) is 18.4 Å². The van der Waals surface area contributed by atoms with E-state index in [2.05, 4.69) is 10.6 Å². The van der Waals surface area contributed by atoms with Gasteiger partial charge >= 0.3 is 0 Å². The smallest absolute Gasteiger partial charge is 0.251 e. The van der Waals surface area contributed by atoms with E-state index in [-0.39, 0.29) is 17.9 Å². The van der Waals surface area contributed by atoms with Crippen LogP contribution in [0.1, 0.15) is 35.2 Å². The number of nitrogens with two attached hydrogens (primary N) is 1. The number of rotatable bonds is 6. The molecule has 142 valence electrons. The largest absolute Gasteiger partial charge is 0.399 e. The van der Waals surface area contributed by atoms with Gasteiger partial charge in [0.15, 0.2) is 0 Å². The number of anilines is 2. The van der Waals surface area contributed by atoms with E-state index in [0.29, 0.717) is 43.0 Å². The van der Waals surface area contributed by atoms with E-state index in [9.17, 15) is 9.59 Å². The molecule has 27 heavy (non-hydrogen) atoms. The molecule has 0 radical (unpaired) electrons. The van der Waals surface area contributed by atoms with E-state index in [1.165, 1.54) is 0 Å². The number of carbonyl (C=O) groups is 2. The van der Waals surface area contributed by atoms with Crippen LogP contribution in [0.4, 0.5) is 11.4 Å². The molecule has 6 nitrogen and oxygen atoms in total. The van der Waals surface area contributed by atoms with E-state index in [4.69, 9.17) is 10.5 Å². The van der Waals surface area contributed by atoms with Gasteiger partial charge < -0.3 is 21.1 Å². The van der Waals surface area contributed by atoms with Crippen molar-refractivity contribution in [1.29, 1.82) is 0 Å². The summed E-state index contributed by atoms with van der Waals surface area (Å²) in [6.07, 6.45) is 2.61. The molecule has 4 N–H and O–H groups in total. The Balaban J connectivity index is 1.48. The second kappa shape index (κ2) is 9.19. The second-order valence-corrected chi connectivity index (χ2v) is 6.68. The Morgan fingerprint density at radius 1 is 1.04 bits per heavy atom. The van der Waals surface area contributed by atoms with Gasteiger partial charge in [-0.15, -0.1) is 0 Å². The lowest BCUT2D eigenvalue weighted by molar-refractivity contribution is -0.116. The molecule has 0 bridgehead atoms. The maximum absolute atomic E-state index is 12.3. The Bertz CT molecular complexity index is 784. The van der Waals surface area contributed by atoms with Crippen molar-refractivity contribution < 1.29 is 14.3 Å². The summed E-state index contributed by atoms with van der Waals surface area (Å²) < 4.78 is 5.30. The molecule has 0 aromatic heterocycles. The van der Waals surface area contributed by atoms with Gasteiger partial charge in [0.25, 0.3) is 5.91 Å². The van der Waals surface area contributed by atoms with Crippen LogP contribution in [-0.2, 0) is 16.0 Å². The molecule has 1 aliphatic rings. The summed E-state index contributed by atoms with van der Waals surface area (Å²) in [6, 6.07) is 14.6. The molecule has 2 aromatic carbocycles. The first kappa shape index (κ1) is 18.9. The summed E-state index contributed by atoms with van der Waals surface area (Å²) in [5.41, 5.74) is 8.81. The summed E-state index contributed by atoms with van der Waals surface area (Å²) in [6.45, 7) is 1.37. The first-order valence-electron chi connectivity index (χ1n) is 9.24. The third-order valence-electron chi connectivity index (χ3n) is 4.66. The van der Waals surface area contributed by atoms with Crippen molar-refractivity contribution in [2.24, 2.45) is 0 Å². The monoisotopic (exact) mass is 367 g/mol. The molecule has 0 saturated carbocycles. The maximum atomic E-state index is 12.3. The predicted molar refractivity (Wildman–Crippen MR) is 106 cm³/mol. The van der Waals surface area contributed by atoms with Crippen LogP contribution in [-0.4, -0.2) is 31.1 Å². The van der Waals surface area contributed by atoms with Crippen LogP contribution in [0.3, 0.4) is 0 Å². The van der Waals surface area contributed by atoms with Crippen LogP contribution in [0.2, 0.25) is 0 Å². The number of carbonyl (C=O) groups excluding carboxylic acids is 2. The highest BCUT2D eigenvalue weighted by Crippen LogP contribution is 2.15. The fourth-order valence-electron chi connectivity index (χ4n) is 3.05. The first-order valence-corrected chi connectivity index (χ1v) is 9.24. The molecular formula is C21H25N3O3. The number of hydrogen-bond acceptors (Lipinski definition) is 4. The molecular weight excluding hydrogens is 342 g/mol. The summed E-state index contributed by atoms with van der Waals surface area (Å²) in [5, 5.41) is 5.87. The molecule has 3 rings (SSSR count). The summed E-state index contributed by atoms with van der Waals surface area (Å²) in [7, 11) is 0. The minimum atomic E-state index is -0.0978. The predicted octanol–water partition coefficient (Wildman–Crippen LogP) is 2.75. The van der Waals surface area contributed by atoms with Gasteiger partial charge in [0.05, 0.1) is 0 Å². The molecule has 1 aliphatic heterocycles. The van der Waals surface area contributed by atoms with Gasteiger partial charge in [0.1, 0.15) is 0 Å². The van der Waals surface area contributed by atoms with Crippen molar-refractivity contribution in [3.8, 4) is 0 Å². The molecule has 1 saturated heterocycles. The number of aryl methyl sites for hydroxylation is 1. The molecule has 0 aliphatic carbocycles. The third-order valence-corrected chi connectivity index (χ3v) is 4.66. The standard InChI is InChI=1S/C21H25N3O3/c22-19-4-2-1-3-15(19)7-10-20(25)23-17-8-5-16(6-9-17)21(26)24-18-11-13-27-14-12-18/h1-6,8-9,18H,7,10-14,22H2,(H,23,25)(H,24,26). The molecule has 0 atom stereocenters. The number of nitrogens with one attached hydrogen (secondary N) is 2. The molecule has 1 heterocycles. The van der Waals surface area contributed by atoms with E-state index >= 15 is 0 Å². The highest BCUT2D eigenvalue weighted by molar-refractivity contribution is 5.96. The topological polar surface area (TPSA) is 93.5 Å². The average molecular weight is 367 g/mol. The third kappa shape index (κ3) is 5.56. The lowest BCUT2D eigenvalue weighted by Gasteiger charge is -2.23. The Morgan fingerprint density at radius 2 is 1.74 bits per heavy atom. The van der Waals surface area contributed by atoms with Gasteiger partial charge in [-0.05, 0) is 55.2 Å². The van der Waals surface area contributed by atoms with Gasteiger partial charge in [0.2, 0.25) is 5.91 Å². The fraction of sp³-hybridized carbons (Fsp3) is 0.333. The van der Waals surface area contributed by atoms with Crippen molar-refractivity contribution in [3.05, 3.63) is 59.7 Å². The zero-order valence-electron chi connectivity index (χ0n) is 15.2. The van der Waals surface area contributed by atoms with Crippen molar-refractivity contribution in [1.82, 2.24) is 5.32 Å². The lowest BCUT2D eigenvalue weighted by atomic mass is 10.1. The fourth-order valence-corrected chi connectivity index (χ4v) is 3.05. The SMILES string of the molecule is Nc1ccccc1CCC(=O)Nc1ccc(C(=O)NC2CCOCC2)cc1. The van der Waals surface area contributed by atoms with Gasteiger partial charge in [-0.2, -0.15) is 0 Å². The minimum absolute atomic E-state index is 0.0855. The summed E-state index contributed by atoms with van der Waals surface area (Å²) in [4.78, 5) is 24.4. The Morgan fingerprint density at radius 3 is 2.44 bits per heavy atom. The van der Waals surface area contributed by atoms with Crippen molar-refractivity contribution in [2.45, 2.75) is 31.7 Å². The Hall–Kier alpha value is -2.86. The van der Waals surface area contributed by atoms with Crippen LogP contribution in [0.25, 0.3) is 0 Å². The normalized spacial score (nSPS) is 14.5. The summed E-state index contributed by atoms with van der Waals surface area (Å²) in [5.74, 6) is -0.183. The maximum Gasteiger partial charge on any atom is 0.251 e. The number of hydrogen-bond donors (Lipinski definition) is 3. The van der Waals surface area contributed by atoms with E-state index in [1.54, 1.807) is 24.3 Å². The number of ether oxygens (including phenoxy) is 1. The zero-order valence-corrected chi connectivity index (χ0v) is 15.2. The van der Waals surface area contributed by atoms with Crippen LogP contribution in [0.15, 0.2) is 48.5 Å². The van der Waals surface area contributed by atoms with Crippen LogP contribution >= 0.6 is 0 Å². The van der Waals surface area contributed by atoms with Gasteiger partial charge in [-0.3, -0.25) is 9.59 Å². The molecule has 1 fully saturated rings. The average Bonchev–Trinajstić information content (AvgIpc) is 2.69. The molecule has 2 aromatic rings. The quantitative estimate of drug-likeness (QED) is 0.685. The van der Waals surface area contributed by atoms with Gasteiger partial charge in [0, 0.05) is 42.6 Å². The number of para-hydroxylation sites is 1. The highest BCUT2D eigenvalue weighted by atomic mass is 16.5. The number of nitrogen functional groups attached to an aromatic ring is 1. The van der Waals surface area contributed by atoms with Crippen molar-refractivity contribution >= 4 is 23.2 Å². The number of benzene rings is 2. The first-order chi connectivity index (χ1) is 13.1. The Labute approximate surface area is 159 Å². The van der Waals surface area contributed by atoms with Gasteiger partial charge in [-0.1, -0.05) is 18.2 Å². The summed E-state index contributed by atoms with van der Waals surface area (Å²) >= 11 is 0. The molecule has 0 spiro atoms.